The summed E-state index contributed by atoms with van der Waals surface area (Å²) in [6, 6.07) is 17.3. The Hall–Kier alpha value is -2.17. The van der Waals surface area contributed by atoms with Crippen molar-refractivity contribution in [1.29, 1.82) is 0 Å². The molecule has 2 rings (SSSR count). The lowest BCUT2D eigenvalue weighted by atomic mass is 10.0. The first-order valence-corrected chi connectivity index (χ1v) is 7.81. The van der Waals surface area contributed by atoms with E-state index in [2.05, 4.69) is 5.73 Å². The zero-order valence-corrected chi connectivity index (χ0v) is 13.5. The second-order valence-electron chi connectivity index (χ2n) is 5.15. The van der Waals surface area contributed by atoms with Gasteiger partial charge in [0.25, 0.3) is 0 Å². The van der Waals surface area contributed by atoms with E-state index in [1.165, 1.54) is 0 Å². The molecular formula is C18H19ClNO3+. The molecule has 1 unspecified atom stereocenters. The molecular weight excluding hydrogens is 314 g/mol. The highest BCUT2D eigenvalue weighted by Gasteiger charge is 2.12. The molecule has 0 aromatic heterocycles. The number of carbonyl (C=O) groups excluding carboxylic acids is 2. The highest BCUT2D eigenvalue weighted by molar-refractivity contribution is 6.19. The van der Waals surface area contributed by atoms with Gasteiger partial charge < -0.3 is 10.5 Å². The zero-order chi connectivity index (χ0) is 16.7. The van der Waals surface area contributed by atoms with Crippen molar-refractivity contribution in [2.75, 3.05) is 6.61 Å². The number of hydrogen-bond acceptors (Lipinski definition) is 3. The number of benzene rings is 2. The SMILES string of the molecule is [NH3+]C(Cl)COC(=O)CCC(=O)c1ccc(-c2ccccc2)cc1. The van der Waals surface area contributed by atoms with Gasteiger partial charge in [-0.1, -0.05) is 66.2 Å². The van der Waals surface area contributed by atoms with Crippen LogP contribution in [-0.4, -0.2) is 23.9 Å². The second kappa shape index (κ2) is 8.46. The maximum atomic E-state index is 12.1. The van der Waals surface area contributed by atoms with E-state index in [1.807, 2.05) is 42.5 Å². The summed E-state index contributed by atoms with van der Waals surface area (Å²) in [7, 11) is 0. The van der Waals surface area contributed by atoms with Gasteiger partial charge in [0.05, 0.1) is 6.42 Å². The first-order chi connectivity index (χ1) is 11.1. The third-order valence-corrected chi connectivity index (χ3v) is 3.42. The van der Waals surface area contributed by atoms with E-state index in [1.54, 1.807) is 12.1 Å². The van der Waals surface area contributed by atoms with Gasteiger partial charge in [-0.05, 0) is 11.1 Å². The summed E-state index contributed by atoms with van der Waals surface area (Å²) >= 11 is 5.59. The molecule has 2 aromatic carbocycles. The standard InChI is InChI=1S/C18H18ClNO3/c19-17(20)12-23-18(22)11-10-16(21)15-8-6-14(7-9-15)13-4-2-1-3-5-13/h1-9,17H,10-12,20H2/p+1. The van der Waals surface area contributed by atoms with E-state index in [0.29, 0.717) is 5.56 Å². The maximum Gasteiger partial charge on any atom is 0.306 e. The van der Waals surface area contributed by atoms with Crippen LogP contribution in [0, 0.1) is 0 Å². The minimum Gasteiger partial charge on any atom is -0.458 e. The van der Waals surface area contributed by atoms with Crippen LogP contribution >= 0.6 is 11.6 Å². The smallest absolute Gasteiger partial charge is 0.306 e. The molecule has 120 valence electrons. The third-order valence-electron chi connectivity index (χ3n) is 3.30. The highest BCUT2D eigenvalue weighted by Crippen LogP contribution is 2.19. The molecule has 0 saturated heterocycles. The number of alkyl halides is 1. The fourth-order valence-electron chi connectivity index (χ4n) is 2.09. The number of ether oxygens (including phenoxy) is 1. The minimum atomic E-state index is -0.472. The normalized spacial score (nSPS) is 11.7. The van der Waals surface area contributed by atoms with Gasteiger partial charge >= 0.3 is 5.97 Å². The van der Waals surface area contributed by atoms with Crippen molar-refractivity contribution in [3.05, 3.63) is 60.2 Å². The molecule has 23 heavy (non-hydrogen) atoms. The topological polar surface area (TPSA) is 71.0 Å². The molecule has 0 radical (unpaired) electrons. The van der Waals surface area contributed by atoms with Gasteiger partial charge in [-0.15, -0.1) is 0 Å². The van der Waals surface area contributed by atoms with Gasteiger partial charge in [0.2, 0.25) is 0 Å². The fourth-order valence-corrected chi connectivity index (χ4v) is 2.16. The molecule has 3 N–H and O–H groups in total. The number of rotatable bonds is 7. The summed E-state index contributed by atoms with van der Waals surface area (Å²) in [6.45, 7) is 0.0559. The highest BCUT2D eigenvalue weighted by atomic mass is 35.5. The zero-order valence-electron chi connectivity index (χ0n) is 12.7. The van der Waals surface area contributed by atoms with Crippen molar-refractivity contribution in [2.24, 2.45) is 0 Å². The lowest BCUT2D eigenvalue weighted by Crippen LogP contribution is -2.59. The average molecular weight is 333 g/mol. The van der Waals surface area contributed by atoms with Gasteiger partial charge in [0.15, 0.2) is 17.9 Å². The maximum absolute atomic E-state index is 12.1. The Bertz CT molecular complexity index is 654. The number of halogens is 1. The molecule has 4 nitrogen and oxygen atoms in total. The predicted octanol–water partition coefficient (Wildman–Crippen LogP) is 2.67. The summed E-state index contributed by atoms with van der Waals surface area (Å²) in [6.07, 6.45) is 0.163. The van der Waals surface area contributed by atoms with Crippen LogP contribution in [0.25, 0.3) is 11.1 Å². The van der Waals surface area contributed by atoms with E-state index in [0.717, 1.165) is 11.1 Å². The second-order valence-corrected chi connectivity index (χ2v) is 5.76. The fraction of sp³-hybridized carbons (Fsp3) is 0.222. The molecule has 2 aromatic rings. The Labute approximate surface area is 140 Å². The Kier molecular flexibility index (Phi) is 6.32. The van der Waals surface area contributed by atoms with E-state index < -0.39 is 11.5 Å². The summed E-state index contributed by atoms with van der Waals surface area (Å²) < 4.78 is 4.88. The van der Waals surface area contributed by atoms with E-state index >= 15 is 0 Å². The van der Waals surface area contributed by atoms with Crippen molar-refractivity contribution in [2.45, 2.75) is 18.3 Å². The Morgan fingerprint density at radius 3 is 2.17 bits per heavy atom. The number of hydrogen-bond donors (Lipinski definition) is 1. The lowest BCUT2D eigenvalue weighted by Gasteiger charge is -2.05. The molecule has 0 aliphatic carbocycles. The molecule has 0 aliphatic heterocycles. The quantitative estimate of drug-likeness (QED) is 0.367. The first-order valence-electron chi connectivity index (χ1n) is 7.37. The van der Waals surface area contributed by atoms with Gasteiger partial charge in [-0.25, -0.2) is 0 Å². The average Bonchev–Trinajstić information content (AvgIpc) is 2.58. The monoisotopic (exact) mass is 332 g/mol. The van der Waals surface area contributed by atoms with Gasteiger partial charge in [0, 0.05) is 12.0 Å². The van der Waals surface area contributed by atoms with Crippen molar-refractivity contribution in [3.8, 4) is 11.1 Å². The number of Topliss-reactive ketones (excluding diaryl/α,β-unsaturated/α-hetero) is 1. The summed E-state index contributed by atoms with van der Waals surface area (Å²) in [5.41, 5.74) is 5.77. The van der Waals surface area contributed by atoms with Gasteiger partial charge in [0.1, 0.15) is 0 Å². The molecule has 5 heteroatoms. The Morgan fingerprint density at radius 2 is 1.57 bits per heavy atom. The molecule has 0 saturated carbocycles. The predicted molar refractivity (Wildman–Crippen MR) is 88.9 cm³/mol. The Morgan fingerprint density at radius 1 is 0.957 bits per heavy atom. The minimum absolute atomic E-state index is 0.0445. The number of esters is 1. The van der Waals surface area contributed by atoms with E-state index in [4.69, 9.17) is 16.3 Å². The molecule has 0 heterocycles. The third kappa shape index (κ3) is 5.51. The molecule has 0 spiro atoms. The van der Waals surface area contributed by atoms with E-state index in [-0.39, 0.29) is 25.2 Å². The van der Waals surface area contributed by atoms with Crippen LogP contribution in [0.5, 0.6) is 0 Å². The lowest BCUT2D eigenvalue weighted by molar-refractivity contribution is -0.394. The van der Waals surface area contributed by atoms with Crippen molar-refractivity contribution >= 4 is 23.4 Å². The van der Waals surface area contributed by atoms with E-state index in [9.17, 15) is 9.59 Å². The molecule has 1 atom stereocenters. The van der Waals surface area contributed by atoms with Crippen LogP contribution < -0.4 is 5.73 Å². The van der Waals surface area contributed by atoms with Gasteiger partial charge in [-0.2, -0.15) is 0 Å². The summed E-state index contributed by atoms with van der Waals surface area (Å²) in [5, 5.41) is 0. The van der Waals surface area contributed by atoms with Crippen molar-refractivity contribution < 1.29 is 20.1 Å². The largest absolute Gasteiger partial charge is 0.458 e. The summed E-state index contributed by atoms with van der Waals surface area (Å²) in [5.74, 6) is -0.521. The van der Waals surface area contributed by atoms with Crippen LogP contribution in [0.2, 0.25) is 0 Å². The molecule has 0 fully saturated rings. The van der Waals surface area contributed by atoms with Crippen LogP contribution in [0.1, 0.15) is 23.2 Å². The molecule has 0 amide bonds. The van der Waals surface area contributed by atoms with Crippen LogP contribution in [-0.2, 0) is 9.53 Å². The van der Waals surface area contributed by atoms with Crippen LogP contribution in [0.3, 0.4) is 0 Å². The van der Waals surface area contributed by atoms with Crippen molar-refractivity contribution in [1.82, 2.24) is 0 Å². The molecule has 0 aliphatic rings. The van der Waals surface area contributed by atoms with Crippen LogP contribution in [0.15, 0.2) is 54.6 Å². The molecule has 0 bridgehead atoms. The summed E-state index contributed by atoms with van der Waals surface area (Å²) in [4.78, 5) is 23.6. The number of quaternary nitrogens is 1. The Balaban J connectivity index is 1.89. The number of carbonyl (C=O) groups is 2. The number of ketones is 1. The van der Waals surface area contributed by atoms with Crippen molar-refractivity contribution in [3.63, 3.8) is 0 Å². The first kappa shape index (κ1) is 17.2. The van der Waals surface area contributed by atoms with Crippen LogP contribution in [0.4, 0.5) is 0 Å². The van der Waals surface area contributed by atoms with Gasteiger partial charge in [-0.3, -0.25) is 9.59 Å².